The summed E-state index contributed by atoms with van der Waals surface area (Å²) in [4.78, 5) is 14.5. The average molecular weight is 535 g/mol. The maximum absolute atomic E-state index is 12.8. The normalized spacial score (nSPS) is 20.1. The summed E-state index contributed by atoms with van der Waals surface area (Å²) in [5.41, 5.74) is 1.82. The fraction of sp³-hybridized carbons (Fsp3) is 0.462. The summed E-state index contributed by atoms with van der Waals surface area (Å²) in [5.74, 6) is 0.704. The average Bonchev–Trinajstić information content (AvgIpc) is 3.49. The molecule has 7 nitrogen and oxygen atoms in total. The lowest BCUT2D eigenvalue weighted by molar-refractivity contribution is -0.137. The molecule has 11 heteroatoms. The maximum Gasteiger partial charge on any atom is 0.416 e. The van der Waals surface area contributed by atoms with E-state index in [0.29, 0.717) is 30.8 Å². The highest BCUT2D eigenvalue weighted by molar-refractivity contribution is 7.18. The third-order valence-electron chi connectivity index (χ3n) is 6.59. The van der Waals surface area contributed by atoms with Gasteiger partial charge in [-0.25, -0.2) is 4.98 Å². The highest BCUT2D eigenvalue weighted by Gasteiger charge is 2.31. The van der Waals surface area contributed by atoms with Gasteiger partial charge in [0.1, 0.15) is 18.5 Å². The second-order valence-corrected chi connectivity index (χ2v) is 10.7. The number of ether oxygens (including phenoxy) is 1. The Bertz CT molecular complexity index is 1240. The zero-order chi connectivity index (χ0) is 26.0. The van der Waals surface area contributed by atoms with Crippen LogP contribution in [0.15, 0.2) is 47.6 Å². The highest BCUT2D eigenvalue weighted by Crippen LogP contribution is 2.33. The van der Waals surface area contributed by atoms with Gasteiger partial charge in [-0.2, -0.15) is 13.2 Å². The van der Waals surface area contributed by atoms with Crippen molar-refractivity contribution in [1.29, 1.82) is 0 Å². The number of halogens is 3. The molecule has 0 saturated carbocycles. The van der Waals surface area contributed by atoms with Crippen molar-refractivity contribution in [3.05, 3.63) is 58.6 Å². The number of thiazole rings is 1. The first-order chi connectivity index (χ1) is 17.7. The number of aryl methyl sites for hydroxylation is 1. The monoisotopic (exact) mass is 534 g/mol. The van der Waals surface area contributed by atoms with Gasteiger partial charge in [0.25, 0.3) is 0 Å². The Balaban J connectivity index is 1.02. The van der Waals surface area contributed by atoms with Crippen LogP contribution in [0.3, 0.4) is 0 Å². The van der Waals surface area contributed by atoms with Crippen LogP contribution in [0.4, 0.5) is 13.2 Å². The molecule has 2 aromatic carbocycles. The zero-order valence-electron chi connectivity index (χ0n) is 20.4. The van der Waals surface area contributed by atoms with Gasteiger partial charge in [0.15, 0.2) is 6.10 Å². The SMILES string of the molecule is Cc1nc2cc(OCC(O)CN3CCN(CC4=NOC(c5ccc(C(F)(F)F)cc5)C4)CC3)ccc2s1. The standard InChI is InChI=1S/C26H29F3N4O3S/c1-17-30-23-13-22(6-7-25(23)37-17)35-16-21(34)15-33-10-8-32(9-11-33)14-20-12-24(36-31-20)18-2-4-19(5-3-18)26(27,28)29/h2-7,13,21,24,34H,8-12,14-16H2,1H3. The number of aliphatic hydroxyl groups excluding tert-OH is 1. The van der Waals surface area contributed by atoms with E-state index in [2.05, 4.69) is 19.9 Å². The molecule has 2 atom stereocenters. The van der Waals surface area contributed by atoms with Crippen LogP contribution in [0.5, 0.6) is 5.75 Å². The number of fused-ring (bicyclic) bond motifs is 1. The van der Waals surface area contributed by atoms with Gasteiger partial charge in [-0.15, -0.1) is 11.3 Å². The van der Waals surface area contributed by atoms with E-state index in [9.17, 15) is 18.3 Å². The van der Waals surface area contributed by atoms with Gasteiger partial charge < -0.3 is 14.7 Å². The molecule has 1 N–H and O–H groups in total. The van der Waals surface area contributed by atoms with Gasteiger partial charge >= 0.3 is 6.18 Å². The summed E-state index contributed by atoms with van der Waals surface area (Å²) in [5, 5.41) is 15.7. The zero-order valence-corrected chi connectivity index (χ0v) is 21.3. The first kappa shape index (κ1) is 25.9. The number of β-amino-alcohol motifs (C(OH)–C–C–N with tert-alkyl or cyclic N) is 1. The Morgan fingerprint density at radius 2 is 1.84 bits per heavy atom. The summed E-state index contributed by atoms with van der Waals surface area (Å²) in [7, 11) is 0. The van der Waals surface area contributed by atoms with E-state index in [1.807, 2.05) is 25.1 Å². The number of alkyl halides is 3. The van der Waals surface area contributed by atoms with E-state index in [1.54, 1.807) is 11.3 Å². The minimum absolute atomic E-state index is 0.217. The number of piperazine rings is 1. The van der Waals surface area contributed by atoms with Crippen molar-refractivity contribution in [2.75, 3.05) is 45.9 Å². The summed E-state index contributed by atoms with van der Waals surface area (Å²) >= 11 is 1.64. The van der Waals surface area contributed by atoms with Gasteiger partial charge in [-0.05, 0) is 36.8 Å². The fourth-order valence-electron chi connectivity index (χ4n) is 4.63. The molecule has 0 amide bonds. The van der Waals surface area contributed by atoms with Gasteiger partial charge in [0.05, 0.1) is 26.5 Å². The van der Waals surface area contributed by atoms with Crippen molar-refractivity contribution >= 4 is 27.3 Å². The van der Waals surface area contributed by atoms with Crippen LogP contribution in [0, 0.1) is 6.92 Å². The van der Waals surface area contributed by atoms with Gasteiger partial charge in [0.2, 0.25) is 0 Å². The van der Waals surface area contributed by atoms with Gasteiger partial charge in [-0.3, -0.25) is 9.80 Å². The second kappa shape index (κ2) is 10.9. The number of rotatable bonds is 8. The molecule has 37 heavy (non-hydrogen) atoms. The largest absolute Gasteiger partial charge is 0.491 e. The molecule has 0 spiro atoms. The Morgan fingerprint density at radius 3 is 2.57 bits per heavy atom. The van der Waals surface area contributed by atoms with Crippen molar-refractivity contribution in [3.8, 4) is 5.75 Å². The lowest BCUT2D eigenvalue weighted by Crippen LogP contribution is -2.50. The Hall–Kier alpha value is -2.73. The van der Waals surface area contributed by atoms with Crippen LogP contribution < -0.4 is 4.74 Å². The summed E-state index contributed by atoms with van der Waals surface area (Å²) in [6.07, 6.45) is -4.74. The quantitative estimate of drug-likeness (QED) is 0.459. The van der Waals surface area contributed by atoms with Crippen LogP contribution in [-0.4, -0.2) is 77.6 Å². The minimum atomic E-state index is -4.35. The second-order valence-electron chi connectivity index (χ2n) is 9.48. The molecule has 1 saturated heterocycles. The topological polar surface area (TPSA) is 70.4 Å². The van der Waals surface area contributed by atoms with Crippen LogP contribution in [0.25, 0.3) is 10.2 Å². The lowest BCUT2D eigenvalue weighted by atomic mass is 10.0. The van der Waals surface area contributed by atoms with Gasteiger partial charge in [-0.1, -0.05) is 17.3 Å². The van der Waals surface area contributed by atoms with E-state index in [4.69, 9.17) is 9.57 Å². The molecule has 0 aliphatic carbocycles. The lowest BCUT2D eigenvalue weighted by Gasteiger charge is -2.35. The van der Waals surface area contributed by atoms with Crippen molar-refractivity contribution in [3.63, 3.8) is 0 Å². The molecule has 2 unspecified atom stereocenters. The molecular formula is C26H29F3N4O3S. The molecule has 198 valence electrons. The number of benzene rings is 2. The number of hydrogen-bond donors (Lipinski definition) is 1. The van der Waals surface area contributed by atoms with Crippen molar-refractivity contribution in [2.45, 2.75) is 31.7 Å². The predicted molar refractivity (Wildman–Crippen MR) is 136 cm³/mol. The van der Waals surface area contributed by atoms with Crippen LogP contribution in [0.1, 0.15) is 28.7 Å². The first-order valence-electron chi connectivity index (χ1n) is 12.2. The number of nitrogens with zero attached hydrogens (tertiary/aromatic N) is 4. The molecule has 1 fully saturated rings. The van der Waals surface area contributed by atoms with E-state index in [1.165, 1.54) is 12.1 Å². The third-order valence-corrected chi connectivity index (χ3v) is 7.54. The first-order valence-corrected chi connectivity index (χ1v) is 13.1. The third kappa shape index (κ3) is 6.59. The van der Waals surface area contributed by atoms with E-state index >= 15 is 0 Å². The van der Waals surface area contributed by atoms with E-state index in [-0.39, 0.29) is 12.7 Å². The maximum atomic E-state index is 12.8. The fourth-order valence-corrected chi connectivity index (χ4v) is 5.44. The van der Waals surface area contributed by atoms with Crippen molar-refractivity contribution in [2.24, 2.45) is 5.16 Å². The Morgan fingerprint density at radius 1 is 1.11 bits per heavy atom. The molecule has 5 rings (SSSR count). The summed E-state index contributed by atoms with van der Waals surface area (Å²) in [6.45, 7) is 6.68. The summed E-state index contributed by atoms with van der Waals surface area (Å²) < 4.78 is 45.3. The smallest absolute Gasteiger partial charge is 0.416 e. The Labute approximate surface area is 217 Å². The summed E-state index contributed by atoms with van der Waals surface area (Å²) in [6, 6.07) is 10.9. The minimum Gasteiger partial charge on any atom is -0.491 e. The Kier molecular flexibility index (Phi) is 7.66. The van der Waals surface area contributed by atoms with Crippen molar-refractivity contribution < 1.29 is 27.9 Å². The molecule has 0 radical (unpaired) electrons. The molecule has 2 aliphatic heterocycles. The molecule has 1 aromatic heterocycles. The van der Waals surface area contributed by atoms with E-state index < -0.39 is 17.8 Å². The highest BCUT2D eigenvalue weighted by atomic mass is 32.1. The molecule has 2 aliphatic rings. The van der Waals surface area contributed by atoms with Gasteiger partial charge in [0, 0.05) is 51.8 Å². The number of aliphatic hydroxyl groups is 1. The van der Waals surface area contributed by atoms with Crippen molar-refractivity contribution in [1.82, 2.24) is 14.8 Å². The molecule has 3 heterocycles. The molecule has 0 bridgehead atoms. The number of oxime groups is 1. The van der Waals surface area contributed by atoms with Crippen LogP contribution in [0.2, 0.25) is 0 Å². The predicted octanol–water partition coefficient (Wildman–Crippen LogP) is 4.50. The van der Waals surface area contributed by atoms with Crippen LogP contribution >= 0.6 is 11.3 Å². The number of hydrogen-bond acceptors (Lipinski definition) is 8. The molecular weight excluding hydrogens is 505 g/mol. The molecule has 3 aromatic rings. The van der Waals surface area contributed by atoms with E-state index in [0.717, 1.165) is 59.2 Å². The van der Waals surface area contributed by atoms with Crippen LogP contribution in [-0.2, 0) is 11.0 Å². The number of aromatic nitrogens is 1.